The molecule has 5 nitrogen and oxygen atoms in total. The van der Waals surface area contributed by atoms with Gasteiger partial charge in [0.05, 0.1) is 12.1 Å². The summed E-state index contributed by atoms with van der Waals surface area (Å²) in [6.07, 6.45) is -0.900. The number of aryl methyl sites for hydroxylation is 1. The van der Waals surface area contributed by atoms with Crippen LogP contribution in [0.2, 0.25) is 0 Å². The molecule has 1 atom stereocenters. The number of esters is 1. The normalized spacial score (nSPS) is 14.3. The molecule has 7 heteroatoms. The van der Waals surface area contributed by atoms with Crippen LogP contribution in [0, 0.1) is 6.92 Å². The smallest absolute Gasteiger partial charge is 0.339 e. The van der Waals surface area contributed by atoms with Gasteiger partial charge in [-0.2, -0.15) is 0 Å². The van der Waals surface area contributed by atoms with Gasteiger partial charge in [0.2, 0.25) is 0 Å². The molecule has 1 amide bonds. The van der Waals surface area contributed by atoms with Gasteiger partial charge in [-0.1, -0.05) is 53.9 Å². The van der Waals surface area contributed by atoms with Gasteiger partial charge < -0.3 is 10.1 Å². The minimum atomic E-state index is -0.900. The minimum Gasteiger partial charge on any atom is -0.449 e. The van der Waals surface area contributed by atoms with E-state index in [1.807, 2.05) is 37.3 Å². The zero-order chi connectivity index (χ0) is 19.9. The van der Waals surface area contributed by atoms with Crippen LogP contribution >= 0.6 is 23.5 Å². The molecule has 0 saturated carbocycles. The van der Waals surface area contributed by atoms with Gasteiger partial charge in [-0.3, -0.25) is 9.79 Å². The summed E-state index contributed by atoms with van der Waals surface area (Å²) in [5.74, 6) is 0.798. The third kappa shape index (κ3) is 5.62. The van der Waals surface area contributed by atoms with Crippen LogP contribution in [0.5, 0.6) is 0 Å². The number of thioether (sulfide) groups is 2. The largest absolute Gasteiger partial charge is 0.449 e. The SMILES string of the molecule is Cc1cccc(NC(=O)[C@@H](C)OC(=O)c2ccccc2CSC2=NCCS2)c1. The van der Waals surface area contributed by atoms with Crippen LogP contribution in [-0.4, -0.2) is 34.7 Å². The summed E-state index contributed by atoms with van der Waals surface area (Å²) in [5, 5.41) is 2.78. The first-order valence-corrected chi connectivity index (χ1v) is 11.0. The third-order valence-corrected chi connectivity index (χ3v) is 6.39. The number of ether oxygens (including phenoxy) is 1. The average Bonchev–Trinajstić information content (AvgIpc) is 3.20. The summed E-state index contributed by atoms with van der Waals surface area (Å²) >= 11 is 3.36. The predicted molar refractivity (Wildman–Crippen MR) is 117 cm³/mol. The monoisotopic (exact) mass is 414 g/mol. The molecule has 0 saturated heterocycles. The first-order chi connectivity index (χ1) is 13.5. The van der Waals surface area contributed by atoms with E-state index >= 15 is 0 Å². The van der Waals surface area contributed by atoms with Gasteiger partial charge in [-0.25, -0.2) is 4.79 Å². The Morgan fingerprint density at radius 1 is 1.25 bits per heavy atom. The van der Waals surface area contributed by atoms with Gasteiger partial charge in [0.15, 0.2) is 6.10 Å². The lowest BCUT2D eigenvalue weighted by Crippen LogP contribution is -2.30. The molecule has 1 N–H and O–H groups in total. The van der Waals surface area contributed by atoms with Crippen molar-refractivity contribution in [3.8, 4) is 0 Å². The molecule has 0 radical (unpaired) electrons. The second-order valence-electron chi connectivity index (χ2n) is 6.35. The van der Waals surface area contributed by atoms with Crippen LogP contribution in [0.1, 0.15) is 28.4 Å². The summed E-state index contributed by atoms with van der Waals surface area (Å²) in [4.78, 5) is 29.4. The maximum Gasteiger partial charge on any atom is 0.339 e. The van der Waals surface area contributed by atoms with Gasteiger partial charge in [0.25, 0.3) is 5.91 Å². The summed E-state index contributed by atoms with van der Waals surface area (Å²) < 4.78 is 6.47. The van der Waals surface area contributed by atoms with Crippen LogP contribution in [0.15, 0.2) is 53.5 Å². The van der Waals surface area contributed by atoms with Gasteiger partial charge in [0, 0.05) is 17.2 Å². The van der Waals surface area contributed by atoms with Crippen molar-refractivity contribution in [1.29, 1.82) is 0 Å². The van der Waals surface area contributed by atoms with Gasteiger partial charge >= 0.3 is 5.97 Å². The minimum absolute atomic E-state index is 0.359. The van der Waals surface area contributed by atoms with Crippen LogP contribution in [0.25, 0.3) is 0 Å². The van der Waals surface area contributed by atoms with Gasteiger partial charge in [0.1, 0.15) is 4.38 Å². The molecule has 3 rings (SSSR count). The lowest BCUT2D eigenvalue weighted by Gasteiger charge is -2.15. The van der Waals surface area contributed by atoms with E-state index in [1.165, 1.54) is 0 Å². The Kier molecular flexibility index (Phi) is 7.17. The number of hydrogen-bond donors (Lipinski definition) is 1. The van der Waals surface area contributed by atoms with E-state index in [9.17, 15) is 9.59 Å². The molecular weight excluding hydrogens is 392 g/mol. The van der Waals surface area contributed by atoms with Crippen molar-refractivity contribution in [3.05, 3.63) is 65.2 Å². The lowest BCUT2D eigenvalue weighted by molar-refractivity contribution is -0.123. The van der Waals surface area contributed by atoms with Crippen molar-refractivity contribution in [3.63, 3.8) is 0 Å². The number of benzene rings is 2. The maximum absolute atomic E-state index is 12.6. The highest BCUT2D eigenvalue weighted by Gasteiger charge is 2.21. The maximum atomic E-state index is 12.6. The number of nitrogens with zero attached hydrogens (tertiary/aromatic N) is 1. The highest BCUT2D eigenvalue weighted by atomic mass is 32.2. The topological polar surface area (TPSA) is 67.8 Å². The van der Waals surface area contributed by atoms with Crippen molar-refractivity contribution in [2.24, 2.45) is 4.99 Å². The summed E-state index contributed by atoms with van der Waals surface area (Å²) in [7, 11) is 0. The molecule has 0 bridgehead atoms. The molecule has 0 unspecified atom stereocenters. The fourth-order valence-corrected chi connectivity index (χ4v) is 4.65. The lowest BCUT2D eigenvalue weighted by atomic mass is 10.1. The number of nitrogens with one attached hydrogen (secondary N) is 1. The van der Waals surface area contributed by atoms with E-state index in [0.717, 1.165) is 27.8 Å². The van der Waals surface area contributed by atoms with E-state index in [4.69, 9.17) is 4.74 Å². The molecular formula is C21H22N2O3S2. The molecule has 146 valence electrons. The summed E-state index contributed by atoms with van der Waals surface area (Å²) in [6, 6.07) is 14.8. The van der Waals surface area contributed by atoms with E-state index in [1.54, 1.807) is 48.6 Å². The van der Waals surface area contributed by atoms with Crippen LogP contribution < -0.4 is 5.32 Å². The van der Waals surface area contributed by atoms with Crippen molar-refractivity contribution in [2.75, 3.05) is 17.6 Å². The number of amides is 1. The van der Waals surface area contributed by atoms with E-state index in [2.05, 4.69) is 10.3 Å². The third-order valence-electron chi connectivity index (χ3n) is 4.08. The number of carbonyl (C=O) groups excluding carboxylic acids is 2. The number of carbonyl (C=O) groups is 2. The molecule has 1 aliphatic rings. The van der Waals surface area contributed by atoms with Gasteiger partial charge in [-0.05, 0) is 43.2 Å². The van der Waals surface area contributed by atoms with Crippen LogP contribution in [0.3, 0.4) is 0 Å². The Labute approximate surface area is 173 Å². The van der Waals surface area contributed by atoms with Crippen molar-refractivity contribution in [1.82, 2.24) is 0 Å². The van der Waals surface area contributed by atoms with E-state index in [0.29, 0.717) is 17.0 Å². The Morgan fingerprint density at radius 2 is 2.07 bits per heavy atom. The van der Waals surface area contributed by atoms with Crippen LogP contribution in [0.4, 0.5) is 5.69 Å². The highest BCUT2D eigenvalue weighted by Crippen LogP contribution is 2.26. The number of rotatable bonds is 6. The molecule has 0 spiro atoms. The van der Waals surface area contributed by atoms with Crippen molar-refractivity contribution < 1.29 is 14.3 Å². The number of aliphatic imine (C=N–C) groups is 1. The van der Waals surface area contributed by atoms with Gasteiger partial charge in [-0.15, -0.1) is 0 Å². The Bertz CT molecular complexity index is 899. The summed E-state index contributed by atoms with van der Waals surface area (Å²) in [5.41, 5.74) is 3.08. The van der Waals surface area contributed by atoms with Crippen molar-refractivity contribution in [2.45, 2.75) is 25.7 Å². The Morgan fingerprint density at radius 3 is 2.82 bits per heavy atom. The second kappa shape index (κ2) is 9.80. The highest BCUT2D eigenvalue weighted by molar-refractivity contribution is 8.38. The molecule has 0 aliphatic carbocycles. The number of hydrogen-bond acceptors (Lipinski definition) is 6. The molecule has 0 aromatic heterocycles. The molecule has 2 aromatic rings. The summed E-state index contributed by atoms with van der Waals surface area (Å²) in [6.45, 7) is 4.37. The first kappa shape index (κ1) is 20.5. The molecule has 28 heavy (non-hydrogen) atoms. The predicted octanol–water partition coefficient (Wildman–Crippen LogP) is 4.52. The fraction of sp³-hybridized carbons (Fsp3) is 0.286. The molecule has 2 aromatic carbocycles. The zero-order valence-electron chi connectivity index (χ0n) is 15.8. The van der Waals surface area contributed by atoms with Crippen molar-refractivity contribution >= 4 is 45.5 Å². The van der Waals surface area contributed by atoms with E-state index in [-0.39, 0.29) is 5.91 Å². The Balaban J connectivity index is 1.61. The standard InChI is InChI=1S/C21H22N2O3S2/c1-14-6-5-8-17(12-14)23-19(24)15(2)26-20(25)18-9-4-3-7-16(18)13-28-21-22-10-11-27-21/h3-9,12,15H,10-11,13H2,1-2H3,(H,23,24)/t15-/m1/s1. The fourth-order valence-electron chi connectivity index (χ4n) is 2.63. The Hall–Kier alpha value is -2.25. The van der Waals surface area contributed by atoms with Crippen LogP contribution in [-0.2, 0) is 15.3 Å². The second-order valence-corrected chi connectivity index (χ2v) is 8.65. The van der Waals surface area contributed by atoms with E-state index < -0.39 is 12.1 Å². The average molecular weight is 415 g/mol. The zero-order valence-corrected chi connectivity index (χ0v) is 17.4. The quantitative estimate of drug-likeness (QED) is 0.704. The first-order valence-electron chi connectivity index (χ1n) is 8.99. The molecule has 1 heterocycles. The molecule has 0 fully saturated rings. The number of anilines is 1. The molecule has 1 aliphatic heterocycles.